The van der Waals surface area contributed by atoms with E-state index in [1.54, 1.807) is 24.3 Å². The molecular weight excluding hydrogens is 359 g/mol. The van der Waals surface area contributed by atoms with Gasteiger partial charge in [0.1, 0.15) is 0 Å². The van der Waals surface area contributed by atoms with Crippen molar-refractivity contribution in [3.05, 3.63) is 52.5 Å². The summed E-state index contributed by atoms with van der Waals surface area (Å²) < 4.78 is 5.54. The number of hydrogen-bond acceptors (Lipinski definition) is 4. The molecule has 132 valence electrons. The molecule has 2 N–H and O–H groups in total. The second-order valence-electron chi connectivity index (χ2n) is 6.02. The Morgan fingerprint density at radius 3 is 2.64 bits per heavy atom. The molecule has 1 aliphatic heterocycles. The van der Waals surface area contributed by atoms with Crippen LogP contribution in [-0.4, -0.2) is 18.6 Å². The number of carbonyl (C=O) groups is 1. The summed E-state index contributed by atoms with van der Waals surface area (Å²) in [5.74, 6) is 0.219. The van der Waals surface area contributed by atoms with E-state index in [0.717, 1.165) is 19.4 Å². The van der Waals surface area contributed by atoms with Gasteiger partial charge in [-0.05, 0) is 50.1 Å². The summed E-state index contributed by atoms with van der Waals surface area (Å²) in [6.07, 6.45) is 3.48. The van der Waals surface area contributed by atoms with Crippen LogP contribution < -0.4 is 15.4 Å². The number of ether oxygens (including phenoxy) is 1. The minimum atomic E-state index is -0.242. The van der Waals surface area contributed by atoms with Gasteiger partial charge in [0.15, 0.2) is 5.75 Å². The lowest BCUT2D eigenvalue weighted by molar-refractivity contribution is -0.134. The SMILES string of the molecule is O=C(CCC1CCCN1)Oc1ccccc1Nc1c(Cl)cccc1Cl. The molecule has 0 aromatic heterocycles. The standard InChI is InChI=1S/C19H20Cl2N2O2/c20-14-6-3-7-15(21)19(14)23-16-8-1-2-9-17(16)25-18(24)11-10-13-5-4-12-22-13/h1-3,6-9,13,22-23H,4-5,10-12H2. The maximum atomic E-state index is 12.2. The Hall–Kier alpha value is -1.75. The Morgan fingerprint density at radius 1 is 1.16 bits per heavy atom. The average molecular weight is 379 g/mol. The molecule has 0 spiro atoms. The van der Waals surface area contributed by atoms with Gasteiger partial charge in [-0.2, -0.15) is 0 Å². The smallest absolute Gasteiger partial charge is 0.311 e. The van der Waals surface area contributed by atoms with Crippen LogP contribution in [0.2, 0.25) is 10.0 Å². The van der Waals surface area contributed by atoms with Crippen molar-refractivity contribution in [3.8, 4) is 5.75 Å². The van der Waals surface area contributed by atoms with Crippen LogP contribution >= 0.6 is 23.2 Å². The lowest BCUT2D eigenvalue weighted by Crippen LogP contribution is -2.23. The molecule has 0 amide bonds. The lowest BCUT2D eigenvalue weighted by atomic mass is 10.1. The van der Waals surface area contributed by atoms with Crippen molar-refractivity contribution in [2.75, 3.05) is 11.9 Å². The van der Waals surface area contributed by atoms with Gasteiger partial charge in [0.25, 0.3) is 0 Å². The predicted molar refractivity (Wildman–Crippen MR) is 102 cm³/mol. The lowest BCUT2D eigenvalue weighted by Gasteiger charge is -2.15. The molecule has 1 saturated heterocycles. The molecule has 0 bridgehead atoms. The molecule has 2 aromatic rings. The van der Waals surface area contributed by atoms with Gasteiger partial charge in [0.05, 0.1) is 21.4 Å². The number of nitrogens with one attached hydrogen (secondary N) is 2. The van der Waals surface area contributed by atoms with E-state index in [1.165, 1.54) is 6.42 Å². The third-order valence-electron chi connectivity index (χ3n) is 4.19. The number of halogens is 2. The summed E-state index contributed by atoms with van der Waals surface area (Å²) in [6, 6.07) is 12.9. The molecule has 1 fully saturated rings. The van der Waals surface area contributed by atoms with Crippen LogP contribution in [0.1, 0.15) is 25.7 Å². The highest BCUT2D eigenvalue weighted by Crippen LogP contribution is 2.35. The van der Waals surface area contributed by atoms with Crippen molar-refractivity contribution >= 4 is 40.5 Å². The first-order valence-electron chi connectivity index (χ1n) is 8.37. The molecule has 1 unspecified atom stereocenters. The first kappa shape index (κ1) is 18.1. The van der Waals surface area contributed by atoms with Gasteiger partial charge < -0.3 is 15.4 Å². The second kappa shape index (κ2) is 8.56. The highest BCUT2D eigenvalue weighted by atomic mass is 35.5. The summed E-state index contributed by atoms with van der Waals surface area (Å²) in [7, 11) is 0. The zero-order valence-corrected chi connectivity index (χ0v) is 15.2. The van der Waals surface area contributed by atoms with Crippen molar-refractivity contribution in [2.24, 2.45) is 0 Å². The van der Waals surface area contributed by atoms with E-state index in [0.29, 0.717) is 39.6 Å². The van der Waals surface area contributed by atoms with Crippen molar-refractivity contribution < 1.29 is 9.53 Å². The van der Waals surface area contributed by atoms with E-state index < -0.39 is 0 Å². The van der Waals surface area contributed by atoms with Crippen molar-refractivity contribution in [1.82, 2.24) is 5.32 Å². The number of hydrogen-bond donors (Lipinski definition) is 2. The summed E-state index contributed by atoms with van der Waals surface area (Å²) in [4.78, 5) is 12.2. The number of para-hydroxylation sites is 3. The predicted octanol–water partition coefficient (Wildman–Crippen LogP) is 5.17. The quantitative estimate of drug-likeness (QED) is 0.537. The number of esters is 1. The first-order chi connectivity index (χ1) is 12.1. The van der Waals surface area contributed by atoms with Gasteiger partial charge in [-0.25, -0.2) is 0 Å². The maximum Gasteiger partial charge on any atom is 0.311 e. The van der Waals surface area contributed by atoms with Crippen molar-refractivity contribution in [2.45, 2.75) is 31.7 Å². The summed E-state index contributed by atoms with van der Waals surface area (Å²) >= 11 is 12.4. The van der Waals surface area contributed by atoms with Crippen molar-refractivity contribution in [3.63, 3.8) is 0 Å². The van der Waals surface area contributed by atoms with Crippen LogP contribution in [0.4, 0.5) is 11.4 Å². The van der Waals surface area contributed by atoms with E-state index in [9.17, 15) is 4.79 Å². The monoisotopic (exact) mass is 378 g/mol. The zero-order chi connectivity index (χ0) is 17.6. The van der Waals surface area contributed by atoms with Gasteiger partial charge >= 0.3 is 5.97 Å². The van der Waals surface area contributed by atoms with E-state index >= 15 is 0 Å². The van der Waals surface area contributed by atoms with E-state index in [-0.39, 0.29) is 5.97 Å². The van der Waals surface area contributed by atoms with Crippen LogP contribution in [0.5, 0.6) is 5.75 Å². The molecule has 1 aliphatic rings. The molecule has 0 saturated carbocycles. The Labute approximate surface area is 157 Å². The summed E-state index contributed by atoms with van der Waals surface area (Å²) in [5, 5.41) is 7.54. The Bertz CT molecular complexity index is 726. The molecule has 2 aromatic carbocycles. The number of carbonyl (C=O) groups excluding carboxylic acids is 1. The highest BCUT2D eigenvalue weighted by molar-refractivity contribution is 6.39. The molecule has 3 rings (SSSR count). The highest BCUT2D eigenvalue weighted by Gasteiger charge is 2.17. The van der Waals surface area contributed by atoms with E-state index in [1.807, 2.05) is 18.2 Å². The van der Waals surface area contributed by atoms with Gasteiger partial charge in [-0.3, -0.25) is 4.79 Å². The van der Waals surface area contributed by atoms with Gasteiger partial charge in [0.2, 0.25) is 0 Å². The number of benzene rings is 2. The normalized spacial score (nSPS) is 16.6. The summed E-state index contributed by atoms with van der Waals surface area (Å²) in [6.45, 7) is 1.03. The Morgan fingerprint density at radius 2 is 1.92 bits per heavy atom. The molecule has 1 atom stereocenters. The Kier molecular flexibility index (Phi) is 6.19. The maximum absolute atomic E-state index is 12.2. The third-order valence-corrected chi connectivity index (χ3v) is 4.82. The van der Waals surface area contributed by atoms with Gasteiger partial charge in [-0.15, -0.1) is 0 Å². The van der Waals surface area contributed by atoms with Gasteiger partial charge in [-0.1, -0.05) is 41.4 Å². The fraction of sp³-hybridized carbons (Fsp3) is 0.316. The molecule has 0 radical (unpaired) electrons. The van der Waals surface area contributed by atoms with Crippen LogP contribution in [0.3, 0.4) is 0 Å². The molecule has 4 nitrogen and oxygen atoms in total. The molecule has 25 heavy (non-hydrogen) atoms. The van der Waals surface area contributed by atoms with Crippen LogP contribution in [0, 0.1) is 0 Å². The molecule has 1 heterocycles. The zero-order valence-electron chi connectivity index (χ0n) is 13.7. The van der Waals surface area contributed by atoms with E-state index in [4.69, 9.17) is 27.9 Å². The Balaban J connectivity index is 1.67. The third kappa shape index (κ3) is 4.88. The molecule has 0 aliphatic carbocycles. The minimum Gasteiger partial charge on any atom is -0.424 e. The molecular formula is C19H20Cl2N2O2. The fourth-order valence-electron chi connectivity index (χ4n) is 2.88. The fourth-order valence-corrected chi connectivity index (χ4v) is 3.37. The first-order valence-corrected chi connectivity index (χ1v) is 9.13. The summed E-state index contributed by atoms with van der Waals surface area (Å²) in [5.41, 5.74) is 1.23. The largest absolute Gasteiger partial charge is 0.424 e. The topological polar surface area (TPSA) is 50.4 Å². The van der Waals surface area contributed by atoms with Crippen molar-refractivity contribution in [1.29, 1.82) is 0 Å². The van der Waals surface area contributed by atoms with Crippen LogP contribution in [0.15, 0.2) is 42.5 Å². The van der Waals surface area contributed by atoms with Crippen LogP contribution in [-0.2, 0) is 4.79 Å². The second-order valence-corrected chi connectivity index (χ2v) is 6.84. The van der Waals surface area contributed by atoms with Gasteiger partial charge in [0, 0.05) is 12.5 Å². The molecule has 6 heteroatoms. The average Bonchev–Trinajstić information content (AvgIpc) is 3.11. The number of rotatable bonds is 6. The van der Waals surface area contributed by atoms with E-state index in [2.05, 4.69) is 10.6 Å². The number of anilines is 2. The minimum absolute atomic E-state index is 0.242. The van der Waals surface area contributed by atoms with Crippen LogP contribution in [0.25, 0.3) is 0 Å².